The van der Waals surface area contributed by atoms with Gasteiger partial charge in [0, 0.05) is 14.2 Å². The summed E-state index contributed by atoms with van der Waals surface area (Å²) in [5.74, 6) is 0.868. The van der Waals surface area contributed by atoms with Crippen molar-refractivity contribution in [2.24, 2.45) is 0 Å². The maximum atomic E-state index is 6.46. The number of hydrogen-bond donors (Lipinski definition) is 0. The van der Waals surface area contributed by atoms with Gasteiger partial charge in [-0.1, -0.05) is 0 Å². The molecule has 2 aromatic heterocycles. The molecule has 2 rings (SSSR count). The average molecular weight is 338 g/mol. The number of alkyl halides is 1. The highest BCUT2D eigenvalue weighted by atomic mass is 79.9. The molecule has 0 spiro atoms. The van der Waals surface area contributed by atoms with Gasteiger partial charge in [-0.25, -0.2) is 0 Å². The zero-order valence-electron chi connectivity index (χ0n) is 8.79. The summed E-state index contributed by atoms with van der Waals surface area (Å²) < 4.78 is 6.40. The molecule has 16 heavy (non-hydrogen) atoms. The van der Waals surface area contributed by atoms with Gasteiger partial charge < -0.3 is 4.74 Å². The Kier molecular flexibility index (Phi) is 3.95. The monoisotopic (exact) mass is 336 g/mol. The van der Waals surface area contributed by atoms with E-state index in [0.717, 1.165) is 20.0 Å². The van der Waals surface area contributed by atoms with Crippen LogP contribution in [0, 0.1) is 6.92 Å². The number of ether oxygens (including phenoxy) is 1. The molecule has 0 aliphatic carbocycles. The Labute approximate surface area is 116 Å². The lowest BCUT2D eigenvalue weighted by Gasteiger charge is -2.07. The topological polar surface area (TPSA) is 9.23 Å². The molecule has 1 nitrogen and oxygen atoms in total. The van der Waals surface area contributed by atoms with Gasteiger partial charge in [-0.3, -0.25) is 0 Å². The van der Waals surface area contributed by atoms with Crippen molar-refractivity contribution in [3.8, 4) is 5.75 Å². The van der Waals surface area contributed by atoms with Crippen molar-refractivity contribution in [2.45, 2.75) is 12.3 Å². The highest BCUT2D eigenvalue weighted by Crippen LogP contribution is 2.43. The van der Waals surface area contributed by atoms with E-state index in [4.69, 9.17) is 16.3 Å². The first-order chi connectivity index (χ1) is 7.63. The van der Waals surface area contributed by atoms with Crippen LogP contribution < -0.4 is 4.74 Å². The van der Waals surface area contributed by atoms with Crippen LogP contribution in [0.4, 0.5) is 0 Å². The maximum Gasteiger partial charge on any atom is 0.134 e. The van der Waals surface area contributed by atoms with Crippen molar-refractivity contribution in [3.63, 3.8) is 0 Å². The van der Waals surface area contributed by atoms with Crippen LogP contribution >= 0.6 is 50.2 Å². The second kappa shape index (κ2) is 5.08. The summed E-state index contributed by atoms with van der Waals surface area (Å²) in [6, 6.07) is 4.03. The van der Waals surface area contributed by atoms with E-state index < -0.39 is 0 Å². The molecule has 0 aliphatic heterocycles. The number of halogens is 2. The molecular formula is C11H10BrClOS2. The summed E-state index contributed by atoms with van der Waals surface area (Å²) >= 11 is 13.3. The van der Waals surface area contributed by atoms with E-state index in [1.165, 1.54) is 4.88 Å². The molecule has 2 heterocycles. The Morgan fingerprint density at radius 3 is 2.81 bits per heavy atom. The van der Waals surface area contributed by atoms with Crippen LogP contribution in [0.2, 0.25) is 0 Å². The molecule has 5 heteroatoms. The summed E-state index contributed by atoms with van der Waals surface area (Å²) in [4.78, 5) is 3.46. The van der Waals surface area contributed by atoms with Crippen molar-refractivity contribution in [2.75, 3.05) is 7.11 Å². The third-order valence-corrected chi connectivity index (χ3v) is 6.11. The molecule has 0 saturated carbocycles. The third-order valence-electron chi connectivity index (χ3n) is 2.23. The van der Waals surface area contributed by atoms with Gasteiger partial charge in [0.2, 0.25) is 0 Å². The van der Waals surface area contributed by atoms with E-state index in [0.29, 0.717) is 0 Å². The first-order valence-corrected chi connectivity index (χ1v) is 7.57. The summed E-state index contributed by atoms with van der Waals surface area (Å²) in [7, 11) is 1.67. The Bertz CT molecular complexity index is 472. The van der Waals surface area contributed by atoms with Crippen LogP contribution in [0.3, 0.4) is 0 Å². The van der Waals surface area contributed by atoms with Crippen LogP contribution in [0.1, 0.15) is 20.0 Å². The predicted molar refractivity (Wildman–Crippen MR) is 75.3 cm³/mol. The molecular weight excluding hydrogens is 328 g/mol. The summed E-state index contributed by atoms with van der Waals surface area (Å²) in [6.45, 7) is 2.08. The van der Waals surface area contributed by atoms with Gasteiger partial charge in [0.25, 0.3) is 0 Å². The predicted octanol–water partition coefficient (Wildman–Crippen LogP) is 5.22. The minimum atomic E-state index is -0.120. The number of thiophene rings is 2. The minimum absolute atomic E-state index is 0.120. The first kappa shape index (κ1) is 12.4. The van der Waals surface area contributed by atoms with E-state index in [1.54, 1.807) is 29.8 Å². The molecule has 0 aliphatic rings. The molecule has 0 aromatic carbocycles. The van der Waals surface area contributed by atoms with Crippen LogP contribution in [0.25, 0.3) is 0 Å². The van der Waals surface area contributed by atoms with Crippen molar-refractivity contribution >= 4 is 50.2 Å². The molecule has 0 saturated heterocycles. The summed E-state index contributed by atoms with van der Waals surface area (Å²) in [5.41, 5.74) is 0. The van der Waals surface area contributed by atoms with E-state index >= 15 is 0 Å². The van der Waals surface area contributed by atoms with Crippen LogP contribution in [-0.4, -0.2) is 7.11 Å². The smallest absolute Gasteiger partial charge is 0.134 e. The van der Waals surface area contributed by atoms with Crippen molar-refractivity contribution in [1.29, 1.82) is 0 Å². The van der Waals surface area contributed by atoms with Crippen molar-refractivity contribution < 1.29 is 4.74 Å². The van der Waals surface area contributed by atoms with Gasteiger partial charge >= 0.3 is 0 Å². The molecule has 0 N–H and O–H groups in total. The Morgan fingerprint density at radius 1 is 1.50 bits per heavy atom. The molecule has 1 unspecified atom stereocenters. The van der Waals surface area contributed by atoms with Gasteiger partial charge in [0.1, 0.15) is 11.1 Å². The van der Waals surface area contributed by atoms with Gasteiger partial charge in [0.05, 0.1) is 12.0 Å². The first-order valence-electron chi connectivity index (χ1n) is 4.64. The lowest BCUT2D eigenvalue weighted by molar-refractivity contribution is 0.413. The molecule has 1 atom stereocenters. The minimum Gasteiger partial charge on any atom is -0.496 e. The van der Waals surface area contributed by atoms with E-state index in [1.807, 2.05) is 11.4 Å². The Morgan fingerprint density at radius 2 is 2.25 bits per heavy atom. The number of rotatable bonds is 3. The zero-order valence-corrected chi connectivity index (χ0v) is 12.8. The average Bonchev–Trinajstić information content (AvgIpc) is 2.85. The Balaban J connectivity index is 2.35. The lowest BCUT2D eigenvalue weighted by Crippen LogP contribution is -1.90. The van der Waals surface area contributed by atoms with Gasteiger partial charge in [0.15, 0.2) is 0 Å². The van der Waals surface area contributed by atoms with Gasteiger partial charge in [-0.05, 0) is 40.4 Å². The van der Waals surface area contributed by atoms with Crippen molar-refractivity contribution in [1.82, 2.24) is 0 Å². The fourth-order valence-corrected chi connectivity index (χ4v) is 4.33. The highest BCUT2D eigenvalue weighted by molar-refractivity contribution is 9.10. The van der Waals surface area contributed by atoms with Crippen LogP contribution in [0.5, 0.6) is 5.75 Å². The second-order valence-corrected chi connectivity index (χ2v) is 6.80. The van der Waals surface area contributed by atoms with Crippen LogP contribution in [0.15, 0.2) is 22.0 Å². The molecule has 0 amide bonds. The molecule has 86 valence electrons. The quantitative estimate of drug-likeness (QED) is 0.698. The molecule has 2 aromatic rings. The standard InChI is InChI=1S/C11H10BrClOS2/c1-6-7(12)5-9(16-6)10(13)11-8(14-2)3-4-15-11/h3-5,10H,1-2H3. The SMILES string of the molecule is COc1ccsc1C(Cl)c1cc(Br)c(C)s1. The second-order valence-electron chi connectivity index (χ2n) is 3.27. The maximum absolute atomic E-state index is 6.46. The summed E-state index contributed by atoms with van der Waals surface area (Å²) in [6.07, 6.45) is 0. The fraction of sp³-hybridized carbons (Fsp3) is 0.273. The van der Waals surface area contributed by atoms with E-state index in [9.17, 15) is 0 Å². The summed E-state index contributed by atoms with van der Waals surface area (Å²) in [5, 5.41) is 1.88. The number of methoxy groups -OCH3 is 1. The van der Waals surface area contributed by atoms with Gasteiger partial charge in [-0.15, -0.1) is 34.3 Å². The highest BCUT2D eigenvalue weighted by Gasteiger charge is 2.19. The van der Waals surface area contributed by atoms with Crippen LogP contribution in [-0.2, 0) is 0 Å². The lowest BCUT2D eigenvalue weighted by atomic mass is 10.2. The van der Waals surface area contributed by atoms with Gasteiger partial charge in [-0.2, -0.15) is 0 Å². The molecule has 0 radical (unpaired) electrons. The van der Waals surface area contributed by atoms with E-state index in [2.05, 4.69) is 28.9 Å². The number of aryl methyl sites for hydroxylation is 1. The number of hydrogen-bond acceptors (Lipinski definition) is 3. The molecule has 0 fully saturated rings. The zero-order chi connectivity index (χ0) is 11.7. The molecule has 0 bridgehead atoms. The fourth-order valence-electron chi connectivity index (χ4n) is 1.40. The van der Waals surface area contributed by atoms with E-state index in [-0.39, 0.29) is 5.38 Å². The largest absolute Gasteiger partial charge is 0.496 e. The van der Waals surface area contributed by atoms with Crippen molar-refractivity contribution in [3.05, 3.63) is 36.6 Å². The Hall–Kier alpha value is -0.0300. The third kappa shape index (κ3) is 2.30. The normalized spacial score (nSPS) is 12.8.